The first kappa shape index (κ1) is 53.9. The molecule has 0 aliphatic carbocycles. The molecule has 342 valence electrons. The Labute approximate surface area is 379 Å². The van der Waals surface area contributed by atoms with Crippen LogP contribution in [0.3, 0.4) is 0 Å². The van der Waals surface area contributed by atoms with E-state index in [1.54, 1.807) is 30.3 Å². The number of nitrogens with zero attached hydrogens (tertiary/aromatic N) is 2. The molecule has 0 saturated heterocycles. The molecule has 3 heteroatoms. The van der Waals surface area contributed by atoms with Gasteiger partial charge in [0.1, 0.15) is 0 Å². The third-order valence-electron chi connectivity index (χ3n) is 12.5. The van der Waals surface area contributed by atoms with Gasteiger partial charge < -0.3 is 5.53 Å². The summed E-state index contributed by atoms with van der Waals surface area (Å²) in [5, 5.41) is 0. The fourth-order valence-electron chi connectivity index (χ4n) is 9.01. The summed E-state index contributed by atoms with van der Waals surface area (Å²) in [6.45, 7) is 18.6. The van der Waals surface area contributed by atoms with Crippen molar-refractivity contribution in [2.75, 3.05) is 0 Å². The molecule has 0 spiro atoms. The average molecular weight is 866 g/mol. The van der Waals surface area contributed by atoms with Crippen LogP contribution in [-0.2, 0) is 53.0 Å². The monoisotopic (exact) mass is 865 g/mol. The normalized spacial score (nSPS) is 13.1. The summed E-state index contributed by atoms with van der Waals surface area (Å²) in [5.74, 6) is 4.12. The topological polar surface area (TPSA) is 25.3 Å². The fourth-order valence-corrected chi connectivity index (χ4v) is 9.01. The van der Waals surface area contributed by atoms with Gasteiger partial charge in [0.2, 0.25) is 11.4 Å². The van der Waals surface area contributed by atoms with Crippen molar-refractivity contribution in [1.29, 1.82) is 0 Å². The second-order valence-corrected chi connectivity index (χ2v) is 18.8. The molecule has 2 aromatic carbocycles. The van der Waals surface area contributed by atoms with Gasteiger partial charge in [-0.05, 0) is 160 Å². The molecule has 0 saturated carbocycles. The summed E-state index contributed by atoms with van der Waals surface area (Å²) in [4.78, 5) is 0. The Kier molecular flexibility index (Phi) is 29.9. The zero-order valence-electron chi connectivity index (χ0n) is 41.2. The number of hydrogen-bond acceptors (Lipinski definition) is 0. The van der Waals surface area contributed by atoms with Crippen molar-refractivity contribution in [2.24, 2.45) is 0 Å². The van der Waals surface area contributed by atoms with Gasteiger partial charge in [-0.3, -0.25) is 0 Å². The zero-order valence-corrected chi connectivity index (χ0v) is 42.2. The third-order valence-corrected chi connectivity index (χ3v) is 12.5. The van der Waals surface area contributed by atoms with Crippen LogP contribution in [0.2, 0.25) is 11.8 Å². The van der Waals surface area contributed by atoms with Crippen LogP contribution in [0, 0.1) is 0 Å². The summed E-state index contributed by atoms with van der Waals surface area (Å²) in [6.07, 6.45) is 39.8. The van der Waals surface area contributed by atoms with Gasteiger partial charge in [-0.1, -0.05) is 151 Å². The molecular formula is C57H94N2Ni. The van der Waals surface area contributed by atoms with Gasteiger partial charge in [0, 0.05) is 16.7 Å². The summed E-state index contributed by atoms with van der Waals surface area (Å²) < 4.78 is 1.69. The van der Waals surface area contributed by atoms with E-state index in [0.29, 0.717) is 0 Å². The Balaban J connectivity index is 0.00000401. The Morgan fingerprint density at radius 3 is 1.20 bits per heavy atom. The molecule has 0 atom stereocenters. The molecule has 0 bridgehead atoms. The molecule has 2 nitrogen and oxygen atoms in total. The van der Waals surface area contributed by atoms with E-state index < -0.39 is 0 Å². The Bertz CT molecular complexity index is 1530. The molecule has 0 fully saturated rings. The van der Waals surface area contributed by atoms with Gasteiger partial charge in [0.25, 0.3) is 0 Å². The van der Waals surface area contributed by atoms with Crippen LogP contribution in [0.4, 0.5) is 0 Å². The van der Waals surface area contributed by atoms with Crippen molar-refractivity contribution in [2.45, 2.75) is 253 Å². The van der Waals surface area contributed by atoms with Crippen LogP contribution in [0.1, 0.15) is 248 Å². The van der Waals surface area contributed by atoms with Gasteiger partial charge in [-0.2, -0.15) is 0 Å². The summed E-state index contributed by atoms with van der Waals surface area (Å²) in [7, 11) is 0. The summed E-state index contributed by atoms with van der Waals surface area (Å²) in [6, 6.07) is 10.1. The van der Waals surface area contributed by atoms with Crippen LogP contribution in [0.15, 0.2) is 47.6 Å². The van der Waals surface area contributed by atoms with Crippen molar-refractivity contribution in [1.82, 2.24) is 0 Å². The maximum atomic E-state index is 12.9. The molecule has 0 radical (unpaired) electrons. The molecule has 60 heavy (non-hydrogen) atoms. The van der Waals surface area contributed by atoms with Gasteiger partial charge in [0.15, 0.2) is 0 Å². The molecule has 0 amide bonds. The van der Waals surface area contributed by atoms with Gasteiger partial charge >= 0.3 is 26.2 Å². The van der Waals surface area contributed by atoms with E-state index in [1.807, 2.05) is 0 Å². The third kappa shape index (κ3) is 17.9. The number of rotatable bonds is 32. The van der Waals surface area contributed by atoms with Crippen LogP contribution in [-0.4, -0.2) is 4.70 Å². The standard InChI is InChI=1S/C55H88N2.2CH3.Ni/c1-9-17-25-26-27-28-29-31-39-53-52(38-30-18-10-2)54(48-40-44(32-19-11-3)50(36-23-15-7)45(41-48)33-20-12-4)57(56)55(53)49-42-46(34-21-13-5)51(37-24-16-8)47(43-49)35-22-14-6;;;/h31,39-43H,9-30,32-38H2,1-8H3;2*1H3;. The summed E-state index contributed by atoms with van der Waals surface area (Å²) in [5.41, 5.74) is 29.4. The van der Waals surface area contributed by atoms with Crippen molar-refractivity contribution >= 4 is 11.4 Å². The predicted octanol–water partition coefficient (Wildman–Crippen LogP) is 19.0. The number of aryl methyl sites for hydroxylation is 4. The molecule has 0 unspecified atom stereocenters. The fraction of sp³-hybridized carbons (Fsp3) is 0.684. The van der Waals surface area contributed by atoms with E-state index >= 15 is 0 Å². The Hall–Kier alpha value is -2.25. The Morgan fingerprint density at radius 2 is 0.783 bits per heavy atom. The van der Waals surface area contributed by atoms with E-state index in [2.05, 4.69) is 104 Å². The summed E-state index contributed by atoms with van der Waals surface area (Å²) >= 11 is 1.62. The van der Waals surface area contributed by atoms with Crippen LogP contribution in [0.25, 0.3) is 16.9 Å². The molecule has 3 rings (SSSR count). The SMILES string of the molecule is CCCCCCCCC=CC1=C(c2cc(CCCC)c(CCCC)c(CCCC)c2)[N+](=[N-])C(c2cc(CCCC)c(CCCC)c(CCCC)c2)=C1CCCCC.[CH3][Ni][CH3]. The first-order chi connectivity index (χ1) is 29.3. The van der Waals surface area contributed by atoms with Gasteiger partial charge in [-0.15, -0.1) is 0 Å². The second kappa shape index (κ2) is 33.3. The number of hydrogen-bond donors (Lipinski definition) is 0. The molecule has 0 N–H and O–H groups in total. The van der Waals surface area contributed by atoms with Crippen molar-refractivity contribution in [3.63, 3.8) is 0 Å². The van der Waals surface area contributed by atoms with E-state index in [0.717, 1.165) is 56.3 Å². The minimum absolute atomic E-state index is 0.993. The molecule has 1 heterocycles. The van der Waals surface area contributed by atoms with E-state index in [1.165, 1.54) is 186 Å². The molecular weight excluding hydrogens is 771 g/mol. The van der Waals surface area contributed by atoms with E-state index in [9.17, 15) is 5.53 Å². The van der Waals surface area contributed by atoms with Crippen LogP contribution >= 0.6 is 0 Å². The predicted molar refractivity (Wildman–Crippen MR) is 265 cm³/mol. The second-order valence-electron chi connectivity index (χ2n) is 17.8. The molecule has 1 aliphatic heterocycles. The van der Waals surface area contributed by atoms with Crippen LogP contribution < -0.4 is 0 Å². The molecule has 0 aromatic heterocycles. The number of unbranched alkanes of at least 4 members (excludes halogenated alkanes) is 14. The Morgan fingerprint density at radius 1 is 0.433 bits per heavy atom. The zero-order chi connectivity index (χ0) is 44.0. The van der Waals surface area contributed by atoms with E-state index in [4.69, 9.17) is 0 Å². The first-order valence-electron chi connectivity index (χ1n) is 25.5. The van der Waals surface area contributed by atoms with Crippen molar-refractivity contribution in [3.8, 4) is 0 Å². The molecule has 1 aliphatic rings. The maximum absolute atomic E-state index is 12.9. The number of benzene rings is 2. The number of allylic oxidation sites excluding steroid dienone is 4. The van der Waals surface area contributed by atoms with Gasteiger partial charge in [-0.25, -0.2) is 4.70 Å². The average Bonchev–Trinajstić information content (AvgIpc) is 3.53. The first-order valence-corrected chi connectivity index (χ1v) is 27.5. The van der Waals surface area contributed by atoms with Crippen LogP contribution in [0.5, 0.6) is 0 Å². The molecule has 2 aromatic rings. The minimum atomic E-state index is 0.993. The quantitative estimate of drug-likeness (QED) is 0.0398. The van der Waals surface area contributed by atoms with Crippen molar-refractivity contribution in [3.05, 3.63) is 97.6 Å². The van der Waals surface area contributed by atoms with E-state index in [-0.39, 0.29) is 0 Å². The van der Waals surface area contributed by atoms with Gasteiger partial charge in [0.05, 0.1) is 5.57 Å². The van der Waals surface area contributed by atoms with Crippen molar-refractivity contribution < 1.29 is 19.1 Å².